The van der Waals surface area contributed by atoms with E-state index in [-0.39, 0.29) is 6.04 Å². The minimum absolute atomic E-state index is 0.0228. The number of hydrogen-bond acceptors (Lipinski definition) is 5. The smallest absolute Gasteiger partial charge is 0.0994 e. The molecule has 2 heterocycles. The summed E-state index contributed by atoms with van der Waals surface area (Å²) in [7, 11) is 0. The van der Waals surface area contributed by atoms with E-state index in [9.17, 15) is 0 Å². The van der Waals surface area contributed by atoms with Crippen LogP contribution < -0.4 is 5.73 Å². The molecule has 2 N–H and O–H groups in total. The molecule has 1 unspecified atom stereocenters. The lowest BCUT2D eigenvalue weighted by molar-refractivity contribution is 0.636. The van der Waals surface area contributed by atoms with Gasteiger partial charge in [0.25, 0.3) is 0 Å². The monoisotopic (exact) mass is 251 g/mol. The molecule has 0 saturated carbocycles. The van der Waals surface area contributed by atoms with Gasteiger partial charge in [0.05, 0.1) is 35.2 Å². The normalized spacial score (nSPS) is 12.9. The average molecular weight is 251 g/mol. The minimum atomic E-state index is -0.0228. The van der Waals surface area contributed by atoms with Gasteiger partial charge in [-0.2, -0.15) is 0 Å². The van der Waals surface area contributed by atoms with Gasteiger partial charge < -0.3 is 5.73 Å². The van der Waals surface area contributed by atoms with E-state index in [0.717, 1.165) is 29.2 Å². The highest BCUT2D eigenvalue weighted by Gasteiger charge is 2.09. The fraction of sp³-hybridized carbons (Fsp3) is 0.545. The second kappa shape index (κ2) is 5.37. The number of thiazole rings is 1. The van der Waals surface area contributed by atoms with Gasteiger partial charge in [-0.1, -0.05) is 19.1 Å². The number of rotatable bonds is 5. The Morgan fingerprint density at radius 3 is 2.94 bits per heavy atom. The van der Waals surface area contributed by atoms with E-state index in [2.05, 4.69) is 27.6 Å². The lowest BCUT2D eigenvalue weighted by atomic mass is 10.2. The molecule has 0 fully saturated rings. The van der Waals surface area contributed by atoms with Gasteiger partial charge in [0.15, 0.2) is 0 Å². The van der Waals surface area contributed by atoms with Crippen LogP contribution in [-0.2, 0) is 13.0 Å². The summed E-state index contributed by atoms with van der Waals surface area (Å²) in [5, 5.41) is 11.4. The summed E-state index contributed by atoms with van der Waals surface area (Å²) in [6.45, 7) is 4.81. The Hall–Kier alpha value is -1.27. The van der Waals surface area contributed by atoms with Gasteiger partial charge in [-0.3, -0.25) is 0 Å². The zero-order valence-corrected chi connectivity index (χ0v) is 10.9. The molecule has 0 aliphatic rings. The topological polar surface area (TPSA) is 69.6 Å². The maximum Gasteiger partial charge on any atom is 0.0994 e. The summed E-state index contributed by atoms with van der Waals surface area (Å²) in [4.78, 5) is 4.50. The molecule has 92 valence electrons. The Morgan fingerprint density at radius 1 is 1.47 bits per heavy atom. The van der Waals surface area contributed by atoms with Gasteiger partial charge in [0.2, 0.25) is 0 Å². The van der Waals surface area contributed by atoms with Crippen LogP contribution in [0.4, 0.5) is 0 Å². The van der Waals surface area contributed by atoms with Crippen molar-refractivity contribution in [3.8, 4) is 0 Å². The molecule has 0 bridgehead atoms. The summed E-state index contributed by atoms with van der Waals surface area (Å²) in [6, 6.07) is -0.0228. The Labute approximate surface area is 105 Å². The van der Waals surface area contributed by atoms with Crippen molar-refractivity contribution in [2.75, 3.05) is 0 Å². The molecule has 1 atom stereocenters. The average Bonchev–Trinajstić information content (AvgIpc) is 2.97. The van der Waals surface area contributed by atoms with Gasteiger partial charge in [-0.15, -0.1) is 16.4 Å². The first-order valence-corrected chi connectivity index (χ1v) is 6.69. The Morgan fingerprint density at radius 2 is 2.29 bits per heavy atom. The van der Waals surface area contributed by atoms with E-state index in [1.807, 2.05) is 13.1 Å². The molecule has 0 aromatic carbocycles. The van der Waals surface area contributed by atoms with Crippen molar-refractivity contribution in [2.45, 2.75) is 39.3 Å². The second-order valence-electron chi connectivity index (χ2n) is 3.94. The quantitative estimate of drug-likeness (QED) is 0.879. The van der Waals surface area contributed by atoms with Crippen molar-refractivity contribution >= 4 is 11.3 Å². The molecule has 0 amide bonds. The molecule has 2 rings (SSSR count). The predicted octanol–water partition coefficient (Wildman–Crippen LogP) is 1.76. The van der Waals surface area contributed by atoms with Crippen LogP contribution in [0, 0.1) is 0 Å². The first-order valence-electron chi connectivity index (χ1n) is 5.81. The summed E-state index contributed by atoms with van der Waals surface area (Å²) in [5.41, 5.74) is 7.78. The standard InChI is InChI=1S/C11H17N5S/c1-3-9(12)10-6-16(15-14-10)5-8-7-17-11(4-2)13-8/h6-7,9H,3-5,12H2,1-2H3. The molecule has 0 radical (unpaired) electrons. The van der Waals surface area contributed by atoms with Crippen LogP contribution in [0.5, 0.6) is 0 Å². The van der Waals surface area contributed by atoms with E-state index in [1.54, 1.807) is 16.0 Å². The third-order valence-electron chi connectivity index (χ3n) is 2.60. The van der Waals surface area contributed by atoms with Crippen LogP contribution in [0.15, 0.2) is 11.6 Å². The van der Waals surface area contributed by atoms with Crippen molar-refractivity contribution in [3.63, 3.8) is 0 Å². The van der Waals surface area contributed by atoms with Gasteiger partial charge >= 0.3 is 0 Å². The lowest BCUT2D eigenvalue weighted by Crippen LogP contribution is -2.08. The fourth-order valence-electron chi connectivity index (χ4n) is 1.52. The predicted molar refractivity (Wildman–Crippen MR) is 67.8 cm³/mol. The zero-order valence-electron chi connectivity index (χ0n) is 10.1. The molecule has 0 saturated heterocycles. The second-order valence-corrected chi connectivity index (χ2v) is 4.88. The van der Waals surface area contributed by atoms with Crippen LogP contribution >= 0.6 is 11.3 Å². The first kappa shape index (κ1) is 12.2. The van der Waals surface area contributed by atoms with Crippen LogP contribution in [0.3, 0.4) is 0 Å². The molecule has 5 nitrogen and oxygen atoms in total. The number of nitrogens with two attached hydrogens (primary N) is 1. The Bertz CT molecular complexity index is 476. The van der Waals surface area contributed by atoms with Crippen molar-refractivity contribution < 1.29 is 0 Å². The van der Waals surface area contributed by atoms with E-state index >= 15 is 0 Å². The zero-order chi connectivity index (χ0) is 12.3. The first-order chi connectivity index (χ1) is 8.22. The van der Waals surface area contributed by atoms with Crippen molar-refractivity contribution in [1.29, 1.82) is 0 Å². The summed E-state index contributed by atoms with van der Waals surface area (Å²) < 4.78 is 1.79. The van der Waals surface area contributed by atoms with Gasteiger partial charge in [0, 0.05) is 5.38 Å². The fourth-order valence-corrected chi connectivity index (χ4v) is 2.26. The van der Waals surface area contributed by atoms with Gasteiger partial charge in [0.1, 0.15) is 0 Å². The van der Waals surface area contributed by atoms with Crippen LogP contribution in [0.25, 0.3) is 0 Å². The minimum Gasteiger partial charge on any atom is -0.323 e. The molecule has 0 aliphatic carbocycles. The van der Waals surface area contributed by atoms with Crippen molar-refractivity contribution in [1.82, 2.24) is 20.0 Å². The summed E-state index contributed by atoms with van der Waals surface area (Å²) >= 11 is 1.69. The van der Waals surface area contributed by atoms with E-state index in [4.69, 9.17) is 5.73 Å². The number of aryl methyl sites for hydroxylation is 1. The van der Waals surface area contributed by atoms with Crippen molar-refractivity contribution in [2.24, 2.45) is 5.73 Å². The molecule has 2 aromatic heterocycles. The highest BCUT2D eigenvalue weighted by Crippen LogP contribution is 2.13. The SMILES string of the molecule is CCc1nc(Cn2cc(C(N)CC)nn2)cs1. The molecule has 6 heteroatoms. The molecule has 2 aromatic rings. The number of nitrogens with zero attached hydrogens (tertiary/aromatic N) is 4. The maximum atomic E-state index is 5.90. The van der Waals surface area contributed by atoms with Crippen LogP contribution in [0.2, 0.25) is 0 Å². The summed E-state index contributed by atoms with van der Waals surface area (Å²) in [6.07, 6.45) is 3.75. The Kier molecular flexibility index (Phi) is 3.86. The maximum absolute atomic E-state index is 5.90. The van der Waals surface area contributed by atoms with Crippen LogP contribution in [0.1, 0.15) is 42.7 Å². The lowest BCUT2D eigenvalue weighted by Gasteiger charge is -2.01. The van der Waals surface area contributed by atoms with E-state index < -0.39 is 0 Å². The van der Waals surface area contributed by atoms with Gasteiger partial charge in [-0.05, 0) is 12.8 Å². The Balaban J connectivity index is 2.06. The van der Waals surface area contributed by atoms with Crippen molar-refractivity contribution in [3.05, 3.63) is 28.0 Å². The molecule has 17 heavy (non-hydrogen) atoms. The molecule has 0 spiro atoms. The summed E-state index contributed by atoms with van der Waals surface area (Å²) in [5.74, 6) is 0. The highest BCUT2D eigenvalue weighted by molar-refractivity contribution is 7.09. The third-order valence-corrected chi connectivity index (χ3v) is 3.64. The molecular weight excluding hydrogens is 234 g/mol. The largest absolute Gasteiger partial charge is 0.323 e. The van der Waals surface area contributed by atoms with E-state index in [1.165, 1.54) is 0 Å². The van der Waals surface area contributed by atoms with E-state index in [0.29, 0.717) is 6.54 Å². The third kappa shape index (κ3) is 2.89. The number of hydrogen-bond donors (Lipinski definition) is 1. The molecular formula is C11H17N5S. The van der Waals surface area contributed by atoms with Gasteiger partial charge in [-0.25, -0.2) is 9.67 Å². The van der Waals surface area contributed by atoms with Crippen LogP contribution in [-0.4, -0.2) is 20.0 Å². The number of aromatic nitrogens is 4. The molecule has 0 aliphatic heterocycles. The highest BCUT2D eigenvalue weighted by atomic mass is 32.1.